The summed E-state index contributed by atoms with van der Waals surface area (Å²) in [7, 11) is 0. The van der Waals surface area contributed by atoms with Crippen LogP contribution in [0.15, 0.2) is 0 Å². The lowest BCUT2D eigenvalue weighted by atomic mass is 9.65. The molecule has 0 amide bonds. The molecule has 0 saturated heterocycles. The van der Waals surface area contributed by atoms with E-state index in [0.717, 1.165) is 28.5 Å². The maximum Gasteiger partial charge on any atom is 0.0181 e. The van der Waals surface area contributed by atoms with Crippen molar-refractivity contribution in [2.75, 3.05) is 0 Å². The van der Waals surface area contributed by atoms with Crippen molar-refractivity contribution in [3.8, 4) is 0 Å². The fraction of sp³-hybridized carbons (Fsp3) is 1.00. The van der Waals surface area contributed by atoms with Crippen LogP contribution in [0.2, 0.25) is 0 Å². The van der Waals surface area contributed by atoms with Gasteiger partial charge in [0, 0.05) is 4.83 Å². The zero-order chi connectivity index (χ0) is 13.9. The molecule has 0 aromatic rings. The van der Waals surface area contributed by atoms with Crippen LogP contribution < -0.4 is 0 Å². The molecule has 0 spiro atoms. The lowest BCUT2D eigenvalue weighted by Crippen LogP contribution is -2.36. The van der Waals surface area contributed by atoms with Crippen molar-refractivity contribution in [1.29, 1.82) is 0 Å². The summed E-state index contributed by atoms with van der Waals surface area (Å²) in [4.78, 5) is 0.738. The molecular formula is C17H33Br. The minimum Gasteiger partial charge on any atom is -0.0887 e. The maximum absolute atomic E-state index is 3.97. The molecule has 0 aliphatic heterocycles. The third-order valence-electron chi connectivity index (χ3n) is 4.79. The van der Waals surface area contributed by atoms with Crippen molar-refractivity contribution in [3.63, 3.8) is 0 Å². The molecule has 1 heteroatoms. The average Bonchev–Trinajstić information content (AvgIpc) is 2.13. The molecule has 4 atom stereocenters. The summed E-state index contributed by atoms with van der Waals surface area (Å²) in [5.41, 5.74) is 0.489. The standard InChI is InChI=1S/C17H33Br/c1-12(2)9-14(4)11-17(5,6)15-8-7-13(3)10-16(15)18/h12-16H,7-11H2,1-6H3. The molecule has 0 heterocycles. The van der Waals surface area contributed by atoms with E-state index in [9.17, 15) is 0 Å². The average molecular weight is 317 g/mol. The summed E-state index contributed by atoms with van der Waals surface area (Å²) >= 11 is 3.97. The van der Waals surface area contributed by atoms with Crippen molar-refractivity contribution >= 4 is 15.9 Å². The van der Waals surface area contributed by atoms with Crippen molar-refractivity contribution in [2.45, 2.75) is 78.5 Å². The first-order valence-corrected chi connectivity index (χ1v) is 8.78. The monoisotopic (exact) mass is 316 g/mol. The van der Waals surface area contributed by atoms with E-state index in [0.29, 0.717) is 5.41 Å². The van der Waals surface area contributed by atoms with Gasteiger partial charge in [0.2, 0.25) is 0 Å². The van der Waals surface area contributed by atoms with E-state index in [1.165, 1.54) is 32.1 Å². The molecule has 0 N–H and O–H groups in total. The lowest BCUT2D eigenvalue weighted by Gasteiger charge is -2.43. The molecule has 0 nitrogen and oxygen atoms in total. The van der Waals surface area contributed by atoms with Gasteiger partial charge in [0.15, 0.2) is 0 Å². The molecule has 0 bridgehead atoms. The Labute approximate surface area is 123 Å². The molecule has 4 unspecified atom stereocenters. The zero-order valence-corrected chi connectivity index (χ0v) is 14.9. The van der Waals surface area contributed by atoms with Gasteiger partial charge in [-0.3, -0.25) is 0 Å². The van der Waals surface area contributed by atoms with Gasteiger partial charge in [0.05, 0.1) is 0 Å². The normalized spacial score (nSPS) is 31.7. The van der Waals surface area contributed by atoms with E-state index in [1.54, 1.807) is 0 Å². The molecule has 0 aromatic heterocycles. The Morgan fingerprint density at radius 3 is 2.28 bits per heavy atom. The van der Waals surface area contributed by atoms with Crippen LogP contribution in [0.5, 0.6) is 0 Å². The van der Waals surface area contributed by atoms with Crippen LogP contribution in [0.3, 0.4) is 0 Å². The van der Waals surface area contributed by atoms with Gasteiger partial charge in [-0.15, -0.1) is 0 Å². The van der Waals surface area contributed by atoms with E-state index < -0.39 is 0 Å². The second-order valence-electron chi connectivity index (χ2n) is 7.97. The van der Waals surface area contributed by atoms with Gasteiger partial charge in [0.1, 0.15) is 0 Å². The van der Waals surface area contributed by atoms with Gasteiger partial charge in [-0.05, 0) is 54.8 Å². The third kappa shape index (κ3) is 4.87. The molecular weight excluding hydrogens is 284 g/mol. The molecule has 1 fully saturated rings. The van der Waals surface area contributed by atoms with E-state index in [1.807, 2.05) is 0 Å². The van der Waals surface area contributed by atoms with E-state index in [2.05, 4.69) is 57.5 Å². The molecule has 0 aromatic carbocycles. The molecule has 108 valence electrons. The van der Waals surface area contributed by atoms with Crippen molar-refractivity contribution in [3.05, 3.63) is 0 Å². The smallest absolute Gasteiger partial charge is 0.0181 e. The lowest BCUT2D eigenvalue weighted by molar-refractivity contribution is 0.113. The van der Waals surface area contributed by atoms with Gasteiger partial charge >= 0.3 is 0 Å². The van der Waals surface area contributed by atoms with Crippen LogP contribution >= 0.6 is 15.9 Å². The quantitative estimate of drug-likeness (QED) is 0.523. The van der Waals surface area contributed by atoms with E-state index in [4.69, 9.17) is 0 Å². The largest absolute Gasteiger partial charge is 0.0887 e. The summed E-state index contributed by atoms with van der Waals surface area (Å²) < 4.78 is 0. The first-order chi connectivity index (χ1) is 8.22. The minimum absolute atomic E-state index is 0.489. The highest BCUT2D eigenvalue weighted by molar-refractivity contribution is 9.09. The summed E-state index contributed by atoms with van der Waals surface area (Å²) in [5.74, 6) is 3.47. The Kier molecular flexibility index (Phi) is 6.22. The van der Waals surface area contributed by atoms with Gasteiger partial charge in [-0.1, -0.05) is 63.9 Å². The fourth-order valence-corrected chi connectivity index (χ4v) is 5.75. The zero-order valence-electron chi connectivity index (χ0n) is 13.3. The Hall–Kier alpha value is 0.480. The van der Waals surface area contributed by atoms with Crippen molar-refractivity contribution in [1.82, 2.24) is 0 Å². The Balaban J connectivity index is 2.56. The minimum atomic E-state index is 0.489. The fourth-order valence-electron chi connectivity index (χ4n) is 4.13. The summed E-state index contributed by atoms with van der Waals surface area (Å²) in [6.45, 7) is 14.5. The van der Waals surface area contributed by atoms with Crippen LogP contribution in [0, 0.1) is 29.1 Å². The predicted octanol–water partition coefficient (Wildman–Crippen LogP) is 6.28. The summed E-state index contributed by atoms with van der Waals surface area (Å²) in [5, 5.41) is 0. The highest BCUT2D eigenvalue weighted by Gasteiger charge is 2.38. The SMILES string of the molecule is CC(C)CC(C)CC(C)(C)C1CCC(C)CC1Br. The number of hydrogen-bond donors (Lipinski definition) is 0. The van der Waals surface area contributed by atoms with Crippen molar-refractivity contribution < 1.29 is 0 Å². The molecule has 1 saturated carbocycles. The summed E-state index contributed by atoms with van der Waals surface area (Å²) in [6.07, 6.45) is 6.96. The topological polar surface area (TPSA) is 0 Å². The predicted molar refractivity (Wildman–Crippen MR) is 86.2 cm³/mol. The first kappa shape index (κ1) is 16.5. The number of halogens is 1. The van der Waals surface area contributed by atoms with Gasteiger partial charge < -0.3 is 0 Å². The maximum atomic E-state index is 3.97. The van der Waals surface area contributed by atoms with Crippen LogP contribution in [0.25, 0.3) is 0 Å². The molecule has 1 aliphatic rings. The van der Waals surface area contributed by atoms with Crippen molar-refractivity contribution in [2.24, 2.45) is 29.1 Å². The van der Waals surface area contributed by atoms with Gasteiger partial charge in [-0.25, -0.2) is 0 Å². The number of hydrogen-bond acceptors (Lipinski definition) is 0. The molecule has 18 heavy (non-hydrogen) atoms. The number of rotatable bonds is 5. The van der Waals surface area contributed by atoms with E-state index >= 15 is 0 Å². The Bertz CT molecular complexity index is 244. The molecule has 0 radical (unpaired) electrons. The van der Waals surface area contributed by atoms with Crippen LogP contribution in [0.4, 0.5) is 0 Å². The second kappa shape index (κ2) is 6.77. The Morgan fingerprint density at radius 1 is 1.17 bits per heavy atom. The highest BCUT2D eigenvalue weighted by Crippen LogP contribution is 2.46. The highest BCUT2D eigenvalue weighted by atomic mass is 79.9. The molecule has 1 rings (SSSR count). The van der Waals surface area contributed by atoms with Crippen LogP contribution in [-0.2, 0) is 0 Å². The third-order valence-corrected chi connectivity index (χ3v) is 5.80. The van der Waals surface area contributed by atoms with Crippen LogP contribution in [-0.4, -0.2) is 4.83 Å². The second-order valence-corrected chi connectivity index (χ2v) is 9.14. The summed E-state index contributed by atoms with van der Waals surface area (Å²) in [6, 6.07) is 0. The van der Waals surface area contributed by atoms with E-state index in [-0.39, 0.29) is 0 Å². The molecule has 1 aliphatic carbocycles. The number of alkyl halides is 1. The van der Waals surface area contributed by atoms with Gasteiger partial charge in [0.25, 0.3) is 0 Å². The Morgan fingerprint density at radius 2 is 1.78 bits per heavy atom. The van der Waals surface area contributed by atoms with Crippen LogP contribution in [0.1, 0.15) is 73.6 Å². The first-order valence-electron chi connectivity index (χ1n) is 7.86. The van der Waals surface area contributed by atoms with Gasteiger partial charge in [-0.2, -0.15) is 0 Å².